The number of rotatable bonds is 6. The van der Waals surface area contributed by atoms with Crippen LogP contribution in [0.4, 0.5) is 5.82 Å². The molecule has 1 N–H and O–H groups in total. The second-order valence-corrected chi connectivity index (χ2v) is 6.07. The van der Waals surface area contributed by atoms with Crippen LogP contribution in [0.1, 0.15) is 57.8 Å². The summed E-state index contributed by atoms with van der Waals surface area (Å²) in [4.78, 5) is 19.0. The van der Waals surface area contributed by atoms with Gasteiger partial charge in [0.25, 0.3) is 5.91 Å². The van der Waals surface area contributed by atoms with E-state index in [1.807, 2.05) is 32.9 Å². The standard InChI is InChI=1S/C16H27N3O/c1-6-11-19(12-7-2)14-13(9-8-10-17-14)15(20)18-16(3,4)5/h8-10H,6-7,11-12H2,1-5H3,(H,18,20). The summed E-state index contributed by atoms with van der Waals surface area (Å²) in [6.07, 6.45) is 3.83. The zero-order valence-corrected chi connectivity index (χ0v) is 13.4. The highest BCUT2D eigenvalue weighted by Gasteiger charge is 2.20. The fourth-order valence-electron chi connectivity index (χ4n) is 2.10. The van der Waals surface area contributed by atoms with Crippen LogP contribution in [0, 0.1) is 0 Å². The molecule has 0 fully saturated rings. The van der Waals surface area contributed by atoms with E-state index in [1.165, 1.54) is 0 Å². The average Bonchev–Trinajstić information content (AvgIpc) is 2.36. The number of hydrogen-bond acceptors (Lipinski definition) is 3. The highest BCUT2D eigenvalue weighted by Crippen LogP contribution is 2.18. The molecular formula is C16H27N3O. The summed E-state index contributed by atoms with van der Waals surface area (Å²) >= 11 is 0. The van der Waals surface area contributed by atoms with Gasteiger partial charge in [0.1, 0.15) is 5.82 Å². The lowest BCUT2D eigenvalue weighted by Gasteiger charge is -2.26. The van der Waals surface area contributed by atoms with Crippen LogP contribution in [-0.4, -0.2) is 29.5 Å². The quantitative estimate of drug-likeness (QED) is 0.868. The van der Waals surface area contributed by atoms with E-state index < -0.39 is 0 Å². The molecule has 20 heavy (non-hydrogen) atoms. The summed E-state index contributed by atoms with van der Waals surface area (Å²) < 4.78 is 0. The number of carbonyl (C=O) groups is 1. The third-order valence-corrected chi connectivity index (χ3v) is 2.81. The number of carbonyl (C=O) groups excluding carboxylic acids is 1. The molecule has 0 spiro atoms. The second-order valence-electron chi connectivity index (χ2n) is 6.07. The van der Waals surface area contributed by atoms with Gasteiger partial charge in [0.05, 0.1) is 5.56 Å². The van der Waals surface area contributed by atoms with Crippen molar-refractivity contribution >= 4 is 11.7 Å². The minimum absolute atomic E-state index is 0.0576. The van der Waals surface area contributed by atoms with Gasteiger partial charge in [-0.05, 0) is 45.7 Å². The molecule has 0 aliphatic rings. The van der Waals surface area contributed by atoms with E-state index in [0.29, 0.717) is 5.56 Å². The number of hydrogen-bond donors (Lipinski definition) is 1. The van der Waals surface area contributed by atoms with Gasteiger partial charge < -0.3 is 10.2 Å². The normalized spacial score (nSPS) is 11.2. The van der Waals surface area contributed by atoms with Crippen molar-refractivity contribution < 1.29 is 4.79 Å². The molecule has 0 atom stereocenters. The topological polar surface area (TPSA) is 45.2 Å². The van der Waals surface area contributed by atoms with E-state index in [1.54, 1.807) is 6.20 Å². The molecule has 1 rings (SSSR count). The maximum atomic E-state index is 12.4. The van der Waals surface area contributed by atoms with Crippen LogP contribution in [0.25, 0.3) is 0 Å². The van der Waals surface area contributed by atoms with E-state index in [-0.39, 0.29) is 11.4 Å². The van der Waals surface area contributed by atoms with E-state index in [2.05, 4.69) is 29.0 Å². The van der Waals surface area contributed by atoms with Gasteiger partial charge in [0, 0.05) is 24.8 Å². The summed E-state index contributed by atoms with van der Waals surface area (Å²) in [5.74, 6) is 0.732. The van der Waals surface area contributed by atoms with E-state index in [0.717, 1.165) is 31.7 Å². The minimum Gasteiger partial charge on any atom is -0.356 e. The fourth-order valence-corrected chi connectivity index (χ4v) is 2.10. The number of aromatic nitrogens is 1. The van der Waals surface area contributed by atoms with Crippen molar-refractivity contribution in [3.05, 3.63) is 23.9 Å². The number of amides is 1. The van der Waals surface area contributed by atoms with Crippen LogP contribution in [0.3, 0.4) is 0 Å². The van der Waals surface area contributed by atoms with Crippen LogP contribution in [-0.2, 0) is 0 Å². The largest absolute Gasteiger partial charge is 0.356 e. The summed E-state index contributed by atoms with van der Waals surface area (Å²) in [5.41, 5.74) is 0.411. The van der Waals surface area contributed by atoms with E-state index in [4.69, 9.17) is 0 Å². The Morgan fingerprint density at radius 2 is 1.85 bits per heavy atom. The molecular weight excluding hydrogens is 250 g/mol. The first-order valence-electron chi connectivity index (χ1n) is 7.41. The van der Waals surface area contributed by atoms with Crippen LogP contribution >= 0.6 is 0 Å². The molecule has 0 aliphatic carbocycles. The van der Waals surface area contributed by atoms with E-state index >= 15 is 0 Å². The lowest BCUT2D eigenvalue weighted by atomic mass is 10.1. The number of pyridine rings is 1. The van der Waals surface area contributed by atoms with Gasteiger partial charge >= 0.3 is 0 Å². The smallest absolute Gasteiger partial charge is 0.255 e. The molecule has 0 aromatic carbocycles. The van der Waals surface area contributed by atoms with Gasteiger partial charge in [0.15, 0.2) is 0 Å². The molecule has 112 valence electrons. The van der Waals surface area contributed by atoms with Gasteiger partial charge in [-0.2, -0.15) is 0 Å². The first-order chi connectivity index (χ1) is 9.39. The van der Waals surface area contributed by atoms with Crippen molar-refractivity contribution in [3.63, 3.8) is 0 Å². The zero-order chi connectivity index (χ0) is 15.2. The first-order valence-corrected chi connectivity index (χ1v) is 7.41. The summed E-state index contributed by atoms with van der Waals surface area (Å²) in [5, 5.41) is 3.01. The Bertz CT molecular complexity index is 432. The molecule has 0 radical (unpaired) electrons. The Labute approximate surface area is 122 Å². The van der Waals surface area contributed by atoms with Crippen LogP contribution in [0.15, 0.2) is 18.3 Å². The molecule has 1 heterocycles. The molecule has 1 aromatic heterocycles. The Morgan fingerprint density at radius 3 is 2.35 bits per heavy atom. The van der Waals surface area contributed by atoms with Crippen molar-refractivity contribution in [1.82, 2.24) is 10.3 Å². The van der Waals surface area contributed by atoms with Gasteiger partial charge in [-0.25, -0.2) is 4.98 Å². The Balaban J connectivity index is 3.05. The molecule has 4 nitrogen and oxygen atoms in total. The van der Waals surface area contributed by atoms with Gasteiger partial charge in [-0.1, -0.05) is 13.8 Å². The summed E-state index contributed by atoms with van der Waals surface area (Å²) in [6, 6.07) is 3.67. The molecule has 0 aliphatic heterocycles. The molecule has 4 heteroatoms. The number of nitrogens with zero attached hydrogens (tertiary/aromatic N) is 2. The van der Waals surface area contributed by atoms with Crippen molar-refractivity contribution in [1.29, 1.82) is 0 Å². The van der Waals surface area contributed by atoms with Crippen LogP contribution < -0.4 is 10.2 Å². The molecule has 0 saturated carbocycles. The number of nitrogens with one attached hydrogen (secondary N) is 1. The maximum Gasteiger partial charge on any atom is 0.255 e. The van der Waals surface area contributed by atoms with Gasteiger partial charge in [0.2, 0.25) is 0 Å². The Kier molecular flexibility index (Phi) is 5.99. The molecule has 1 amide bonds. The third kappa shape index (κ3) is 4.83. The van der Waals surface area contributed by atoms with Crippen LogP contribution in [0.2, 0.25) is 0 Å². The SMILES string of the molecule is CCCN(CCC)c1ncccc1C(=O)NC(C)(C)C. The maximum absolute atomic E-state index is 12.4. The summed E-state index contributed by atoms with van der Waals surface area (Å²) in [7, 11) is 0. The first kappa shape index (κ1) is 16.5. The predicted molar refractivity (Wildman–Crippen MR) is 84.3 cm³/mol. The fraction of sp³-hybridized carbons (Fsp3) is 0.625. The highest BCUT2D eigenvalue weighted by molar-refractivity contribution is 5.99. The van der Waals surface area contributed by atoms with Crippen LogP contribution in [0.5, 0.6) is 0 Å². The van der Waals surface area contributed by atoms with E-state index in [9.17, 15) is 4.79 Å². The Hall–Kier alpha value is -1.58. The average molecular weight is 277 g/mol. The second kappa shape index (κ2) is 7.27. The lowest BCUT2D eigenvalue weighted by Crippen LogP contribution is -2.41. The Morgan fingerprint density at radius 1 is 1.25 bits per heavy atom. The predicted octanol–water partition coefficient (Wildman–Crippen LogP) is 3.24. The van der Waals surface area contributed by atoms with Crippen molar-refractivity contribution in [2.75, 3.05) is 18.0 Å². The molecule has 1 aromatic rings. The van der Waals surface area contributed by atoms with Gasteiger partial charge in [-0.3, -0.25) is 4.79 Å². The van der Waals surface area contributed by atoms with Gasteiger partial charge in [-0.15, -0.1) is 0 Å². The van der Waals surface area contributed by atoms with Crippen molar-refractivity contribution in [2.45, 2.75) is 53.0 Å². The molecule has 0 saturated heterocycles. The monoisotopic (exact) mass is 277 g/mol. The number of anilines is 1. The third-order valence-electron chi connectivity index (χ3n) is 2.81. The van der Waals surface area contributed by atoms with Crippen molar-refractivity contribution in [3.8, 4) is 0 Å². The summed E-state index contributed by atoms with van der Waals surface area (Å²) in [6.45, 7) is 12.1. The molecule has 0 bridgehead atoms. The minimum atomic E-state index is -0.245. The van der Waals surface area contributed by atoms with Crippen molar-refractivity contribution in [2.24, 2.45) is 0 Å². The molecule has 0 unspecified atom stereocenters. The highest BCUT2D eigenvalue weighted by atomic mass is 16.1. The zero-order valence-electron chi connectivity index (χ0n) is 13.4. The lowest BCUT2D eigenvalue weighted by molar-refractivity contribution is 0.0919.